The molecule has 1 amide bonds. The average Bonchev–Trinajstić information content (AvgIpc) is 2.96. The van der Waals surface area contributed by atoms with Gasteiger partial charge in [-0.3, -0.25) is 9.69 Å². The number of halogens is 1. The Morgan fingerprint density at radius 2 is 2.29 bits per heavy atom. The summed E-state index contributed by atoms with van der Waals surface area (Å²) in [6, 6.07) is 4.06. The molecule has 1 N–H and O–H groups in total. The van der Waals surface area contributed by atoms with Gasteiger partial charge in [-0.25, -0.2) is 4.98 Å². The third-order valence-electron chi connectivity index (χ3n) is 4.28. The van der Waals surface area contributed by atoms with Crippen LogP contribution < -0.4 is 5.32 Å². The normalized spacial score (nSPS) is 22.2. The highest BCUT2D eigenvalue weighted by Crippen LogP contribution is 2.24. The van der Waals surface area contributed by atoms with E-state index >= 15 is 0 Å². The van der Waals surface area contributed by atoms with Crippen molar-refractivity contribution in [1.82, 2.24) is 14.8 Å². The van der Waals surface area contributed by atoms with E-state index in [4.69, 9.17) is 11.6 Å². The minimum absolute atomic E-state index is 0.0497. The molecule has 1 unspecified atom stereocenters. The SMILES string of the molecule is CCNc1ccc(Cl)c(C(=O)N2CCN3CCCC3C2)n1. The van der Waals surface area contributed by atoms with Gasteiger partial charge in [0, 0.05) is 32.2 Å². The Bertz CT molecular complexity index is 536. The van der Waals surface area contributed by atoms with E-state index in [0.29, 0.717) is 22.6 Å². The molecule has 3 heterocycles. The number of rotatable bonds is 3. The first-order chi connectivity index (χ1) is 10.2. The second kappa shape index (κ2) is 6.20. The van der Waals surface area contributed by atoms with Crippen LogP contribution in [0.15, 0.2) is 12.1 Å². The van der Waals surface area contributed by atoms with E-state index < -0.39 is 0 Å². The number of hydrogen-bond donors (Lipinski definition) is 1. The van der Waals surface area contributed by atoms with Gasteiger partial charge in [0.2, 0.25) is 0 Å². The molecule has 6 heteroatoms. The van der Waals surface area contributed by atoms with Crippen molar-refractivity contribution in [2.75, 3.05) is 38.0 Å². The number of fused-ring (bicyclic) bond motifs is 1. The number of anilines is 1. The summed E-state index contributed by atoms with van der Waals surface area (Å²) >= 11 is 6.17. The van der Waals surface area contributed by atoms with Crippen molar-refractivity contribution < 1.29 is 4.79 Å². The van der Waals surface area contributed by atoms with Crippen LogP contribution in [0.25, 0.3) is 0 Å². The Balaban J connectivity index is 1.76. The lowest BCUT2D eigenvalue weighted by Crippen LogP contribution is -2.52. The third kappa shape index (κ3) is 2.99. The van der Waals surface area contributed by atoms with Gasteiger partial charge in [0.05, 0.1) is 5.02 Å². The Morgan fingerprint density at radius 1 is 1.43 bits per heavy atom. The van der Waals surface area contributed by atoms with Crippen LogP contribution in [0.2, 0.25) is 5.02 Å². The number of carbonyl (C=O) groups is 1. The molecule has 2 saturated heterocycles. The molecule has 0 aliphatic carbocycles. The molecule has 1 aromatic rings. The highest BCUT2D eigenvalue weighted by molar-refractivity contribution is 6.33. The number of nitrogens with zero attached hydrogens (tertiary/aromatic N) is 3. The molecule has 5 nitrogen and oxygen atoms in total. The summed E-state index contributed by atoms with van der Waals surface area (Å²) in [5.41, 5.74) is 0.363. The van der Waals surface area contributed by atoms with Gasteiger partial charge >= 0.3 is 0 Å². The first-order valence-electron chi connectivity index (χ1n) is 7.62. The molecule has 2 fully saturated rings. The lowest BCUT2D eigenvalue weighted by atomic mass is 10.1. The van der Waals surface area contributed by atoms with Crippen LogP contribution in [0.1, 0.15) is 30.3 Å². The monoisotopic (exact) mass is 308 g/mol. The van der Waals surface area contributed by atoms with E-state index in [1.165, 1.54) is 19.4 Å². The predicted molar refractivity (Wildman–Crippen MR) is 83.9 cm³/mol. The largest absolute Gasteiger partial charge is 0.370 e. The van der Waals surface area contributed by atoms with Gasteiger partial charge in [0.1, 0.15) is 11.5 Å². The summed E-state index contributed by atoms with van der Waals surface area (Å²) in [7, 11) is 0. The van der Waals surface area contributed by atoms with Gasteiger partial charge < -0.3 is 10.2 Å². The molecule has 1 atom stereocenters. The number of carbonyl (C=O) groups excluding carboxylic acids is 1. The number of pyridine rings is 1. The van der Waals surface area contributed by atoms with Crippen LogP contribution in [-0.4, -0.2) is 59.5 Å². The van der Waals surface area contributed by atoms with Crippen LogP contribution in [0, 0.1) is 0 Å². The molecule has 114 valence electrons. The summed E-state index contributed by atoms with van der Waals surface area (Å²) in [4.78, 5) is 21.5. The van der Waals surface area contributed by atoms with Gasteiger partial charge in [-0.1, -0.05) is 11.6 Å². The fourth-order valence-electron chi connectivity index (χ4n) is 3.20. The second-order valence-corrected chi connectivity index (χ2v) is 6.05. The van der Waals surface area contributed by atoms with Gasteiger partial charge in [-0.05, 0) is 38.4 Å². The van der Waals surface area contributed by atoms with Crippen molar-refractivity contribution >= 4 is 23.3 Å². The minimum atomic E-state index is -0.0497. The van der Waals surface area contributed by atoms with Gasteiger partial charge in [0.15, 0.2) is 0 Å². The van der Waals surface area contributed by atoms with Crippen LogP contribution in [0.4, 0.5) is 5.82 Å². The van der Waals surface area contributed by atoms with E-state index in [9.17, 15) is 4.79 Å². The Hall–Kier alpha value is -1.33. The fraction of sp³-hybridized carbons (Fsp3) is 0.600. The van der Waals surface area contributed by atoms with Gasteiger partial charge in [0.25, 0.3) is 5.91 Å². The maximum absolute atomic E-state index is 12.7. The zero-order chi connectivity index (χ0) is 14.8. The number of amides is 1. The lowest BCUT2D eigenvalue weighted by molar-refractivity contribution is 0.0566. The second-order valence-electron chi connectivity index (χ2n) is 5.64. The van der Waals surface area contributed by atoms with E-state index in [1.807, 2.05) is 11.8 Å². The summed E-state index contributed by atoms with van der Waals surface area (Å²) < 4.78 is 0. The number of piperazine rings is 1. The van der Waals surface area contributed by atoms with Crippen molar-refractivity contribution in [1.29, 1.82) is 0 Å². The maximum atomic E-state index is 12.7. The number of hydrogen-bond acceptors (Lipinski definition) is 4. The van der Waals surface area contributed by atoms with Crippen LogP contribution in [0.3, 0.4) is 0 Å². The molecule has 0 bridgehead atoms. The Labute approximate surface area is 130 Å². The molecule has 0 spiro atoms. The van der Waals surface area contributed by atoms with E-state index in [2.05, 4.69) is 15.2 Å². The van der Waals surface area contributed by atoms with E-state index in [1.54, 1.807) is 12.1 Å². The van der Waals surface area contributed by atoms with Crippen molar-refractivity contribution in [3.05, 3.63) is 22.8 Å². The maximum Gasteiger partial charge on any atom is 0.274 e. The Kier molecular flexibility index (Phi) is 4.31. The Morgan fingerprint density at radius 3 is 3.10 bits per heavy atom. The molecular formula is C15H21ClN4O. The molecule has 1 aromatic heterocycles. The molecule has 0 radical (unpaired) electrons. The minimum Gasteiger partial charge on any atom is -0.370 e. The molecule has 21 heavy (non-hydrogen) atoms. The smallest absolute Gasteiger partial charge is 0.274 e. The lowest BCUT2D eigenvalue weighted by Gasteiger charge is -2.37. The summed E-state index contributed by atoms with van der Waals surface area (Å²) in [6.07, 6.45) is 2.42. The van der Waals surface area contributed by atoms with Gasteiger partial charge in [-0.15, -0.1) is 0 Å². The van der Waals surface area contributed by atoms with Crippen LogP contribution in [-0.2, 0) is 0 Å². The molecule has 3 rings (SSSR count). The van der Waals surface area contributed by atoms with Gasteiger partial charge in [-0.2, -0.15) is 0 Å². The fourth-order valence-corrected chi connectivity index (χ4v) is 3.38. The standard InChI is InChI=1S/C15H21ClN4O/c1-2-17-13-6-5-12(16)14(18-13)15(21)20-9-8-19-7-3-4-11(19)10-20/h5-6,11H,2-4,7-10H2,1H3,(H,17,18). The summed E-state index contributed by atoms with van der Waals surface area (Å²) in [5, 5.41) is 3.55. The molecule has 2 aliphatic rings. The summed E-state index contributed by atoms with van der Waals surface area (Å²) in [5.74, 6) is 0.649. The van der Waals surface area contributed by atoms with Crippen molar-refractivity contribution in [3.63, 3.8) is 0 Å². The van der Waals surface area contributed by atoms with Crippen molar-refractivity contribution in [2.24, 2.45) is 0 Å². The van der Waals surface area contributed by atoms with Crippen molar-refractivity contribution in [3.8, 4) is 0 Å². The highest BCUT2D eigenvalue weighted by Gasteiger charge is 2.33. The number of nitrogens with one attached hydrogen (secondary N) is 1. The zero-order valence-corrected chi connectivity index (χ0v) is 13.1. The first-order valence-corrected chi connectivity index (χ1v) is 8.00. The van der Waals surface area contributed by atoms with E-state index in [-0.39, 0.29) is 5.91 Å². The average molecular weight is 309 g/mol. The van der Waals surface area contributed by atoms with Crippen LogP contribution in [0.5, 0.6) is 0 Å². The van der Waals surface area contributed by atoms with Crippen LogP contribution >= 0.6 is 11.6 Å². The first kappa shape index (κ1) is 14.6. The highest BCUT2D eigenvalue weighted by atomic mass is 35.5. The topological polar surface area (TPSA) is 48.5 Å². The molecular weight excluding hydrogens is 288 g/mol. The van der Waals surface area contributed by atoms with E-state index in [0.717, 1.165) is 26.2 Å². The quantitative estimate of drug-likeness (QED) is 0.929. The predicted octanol–water partition coefficient (Wildman–Crippen LogP) is 2.09. The molecule has 2 aliphatic heterocycles. The molecule has 0 saturated carbocycles. The molecule has 0 aromatic carbocycles. The number of aromatic nitrogens is 1. The van der Waals surface area contributed by atoms with Crippen molar-refractivity contribution in [2.45, 2.75) is 25.8 Å². The summed E-state index contributed by atoms with van der Waals surface area (Å²) in [6.45, 7) is 6.45. The zero-order valence-electron chi connectivity index (χ0n) is 12.3. The third-order valence-corrected chi connectivity index (χ3v) is 4.59.